The molecular weight excluding hydrogens is 316 g/mol. The Morgan fingerprint density at radius 3 is 1.65 bits per heavy atom. The van der Waals surface area contributed by atoms with Gasteiger partial charge in [0, 0.05) is 0 Å². The average molecular weight is 326 g/mol. The van der Waals surface area contributed by atoms with Gasteiger partial charge in [-0.2, -0.15) is 16.8 Å². The molecule has 0 aliphatic heterocycles. The van der Waals surface area contributed by atoms with Crippen molar-refractivity contribution in [1.82, 2.24) is 0 Å². The molecule has 4 N–H and O–H groups in total. The van der Waals surface area contributed by atoms with Crippen LogP contribution in [0, 0.1) is 0 Å². The van der Waals surface area contributed by atoms with Crippen LogP contribution in [0.3, 0.4) is 0 Å². The first-order valence-electron chi connectivity index (χ1n) is 4.90. The third-order valence-corrected chi connectivity index (χ3v) is 4.22. The second kappa shape index (κ2) is 5.01. The molecule has 1 aromatic carbocycles. The number of carboxylic acid groups (broad SMARTS) is 1. The first-order valence-corrected chi connectivity index (χ1v) is 7.78. The molecule has 0 saturated carbocycles. The van der Waals surface area contributed by atoms with E-state index in [1.165, 1.54) is 0 Å². The predicted molar refractivity (Wildman–Crippen MR) is 63.8 cm³/mol. The van der Waals surface area contributed by atoms with Gasteiger partial charge >= 0.3 is 5.97 Å². The molecule has 0 saturated heterocycles. The van der Waals surface area contributed by atoms with Crippen LogP contribution in [-0.2, 0) is 25.0 Å². The second-order valence-electron chi connectivity index (χ2n) is 3.88. The molecule has 112 valence electrons. The standard InChI is InChI=1S/C9H10O9S2/c1-4(9(11)12)5-2-6(19(13,14)15)8(10)7(3-5)20(16,17)18/h2-4,10H,1H3,(H,11,12)(H,13,14,15)(H,16,17,18). The Kier molecular flexibility index (Phi) is 4.10. The van der Waals surface area contributed by atoms with Gasteiger partial charge in [0.1, 0.15) is 9.79 Å². The normalized spacial score (nSPS) is 13.9. The van der Waals surface area contributed by atoms with Gasteiger partial charge in [0.05, 0.1) is 5.92 Å². The number of aromatic hydroxyl groups is 1. The van der Waals surface area contributed by atoms with Crippen molar-refractivity contribution in [1.29, 1.82) is 0 Å². The van der Waals surface area contributed by atoms with Crippen LogP contribution in [0.25, 0.3) is 0 Å². The first kappa shape index (κ1) is 16.4. The SMILES string of the molecule is CC(C(=O)O)c1cc(S(=O)(=O)O)c(O)c(S(=O)(=O)O)c1. The number of hydrogen-bond acceptors (Lipinski definition) is 6. The van der Waals surface area contributed by atoms with Crippen molar-refractivity contribution in [2.24, 2.45) is 0 Å². The molecule has 1 unspecified atom stereocenters. The van der Waals surface area contributed by atoms with E-state index in [1.807, 2.05) is 0 Å². The zero-order valence-corrected chi connectivity index (χ0v) is 11.5. The topological polar surface area (TPSA) is 166 Å². The van der Waals surface area contributed by atoms with Gasteiger partial charge in [-0.25, -0.2) is 0 Å². The monoisotopic (exact) mass is 326 g/mol. The number of rotatable bonds is 4. The Hall–Kier alpha value is -1.69. The van der Waals surface area contributed by atoms with Crippen molar-refractivity contribution >= 4 is 26.2 Å². The highest BCUT2D eigenvalue weighted by Crippen LogP contribution is 2.34. The average Bonchev–Trinajstić information content (AvgIpc) is 2.24. The van der Waals surface area contributed by atoms with Gasteiger partial charge in [0.2, 0.25) is 0 Å². The number of carbonyl (C=O) groups is 1. The summed E-state index contributed by atoms with van der Waals surface area (Å²) in [5, 5.41) is 18.3. The molecule has 9 nitrogen and oxygen atoms in total. The van der Waals surface area contributed by atoms with Crippen LogP contribution >= 0.6 is 0 Å². The number of phenolic OH excluding ortho intramolecular Hbond substituents is 1. The Balaban J connectivity index is 3.82. The number of phenols is 1. The first-order chi connectivity index (χ1) is 8.85. The van der Waals surface area contributed by atoms with Crippen molar-refractivity contribution < 1.29 is 40.9 Å². The van der Waals surface area contributed by atoms with Crippen molar-refractivity contribution in [3.63, 3.8) is 0 Å². The van der Waals surface area contributed by atoms with E-state index < -0.39 is 47.7 Å². The molecule has 0 amide bonds. The van der Waals surface area contributed by atoms with E-state index >= 15 is 0 Å². The van der Waals surface area contributed by atoms with Crippen LogP contribution in [0.4, 0.5) is 0 Å². The summed E-state index contributed by atoms with van der Waals surface area (Å²) in [5.74, 6) is -4.13. The number of carboxylic acids is 1. The molecule has 1 rings (SSSR count). The lowest BCUT2D eigenvalue weighted by Crippen LogP contribution is -2.11. The molecule has 0 radical (unpaired) electrons. The smallest absolute Gasteiger partial charge is 0.310 e. The summed E-state index contributed by atoms with van der Waals surface area (Å²) in [5.41, 5.74) is -0.337. The minimum atomic E-state index is -5.02. The van der Waals surface area contributed by atoms with Crippen LogP contribution < -0.4 is 0 Å². The van der Waals surface area contributed by atoms with Crippen LogP contribution in [-0.4, -0.2) is 42.1 Å². The summed E-state index contributed by atoms with van der Waals surface area (Å²) in [6.07, 6.45) is 0. The molecule has 0 fully saturated rings. The molecule has 0 heterocycles. The van der Waals surface area contributed by atoms with Gasteiger partial charge in [-0.3, -0.25) is 13.9 Å². The maximum absolute atomic E-state index is 11.0. The molecular formula is C9H10O9S2. The van der Waals surface area contributed by atoms with Crippen LogP contribution in [0.2, 0.25) is 0 Å². The van der Waals surface area contributed by atoms with Crippen molar-refractivity contribution in [3.05, 3.63) is 17.7 Å². The van der Waals surface area contributed by atoms with Crippen molar-refractivity contribution in [2.45, 2.75) is 22.6 Å². The van der Waals surface area contributed by atoms with Gasteiger partial charge in [0.15, 0.2) is 5.75 Å². The van der Waals surface area contributed by atoms with E-state index in [9.17, 15) is 26.7 Å². The summed E-state index contributed by atoms with van der Waals surface area (Å²) < 4.78 is 62.0. The molecule has 11 heteroatoms. The molecule has 0 aliphatic carbocycles. The van der Waals surface area contributed by atoms with Gasteiger partial charge in [0.25, 0.3) is 20.2 Å². The second-order valence-corrected chi connectivity index (χ2v) is 6.66. The van der Waals surface area contributed by atoms with Gasteiger partial charge in [-0.15, -0.1) is 0 Å². The molecule has 0 aromatic heterocycles. The van der Waals surface area contributed by atoms with Crippen LogP contribution in [0.5, 0.6) is 5.75 Å². The molecule has 0 aliphatic rings. The Bertz CT molecular complexity index is 708. The number of hydrogen-bond donors (Lipinski definition) is 4. The van der Waals surface area contributed by atoms with Crippen molar-refractivity contribution in [2.75, 3.05) is 0 Å². The van der Waals surface area contributed by atoms with Gasteiger partial charge in [-0.1, -0.05) is 0 Å². The predicted octanol–water partition coefficient (Wildman–Crippen LogP) is 0.0737. The van der Waals surface area contributed by atoms with Crippen LogP contribution in [0.1, 0.15) is 18.4 Å². The maximum atomic E-state index is 11.0. The highest BCUT2D eigenvalue weighted by Gasteiger charge is 2.28. The summed E-state index contributed by atoms with van der Waals surface area (Å²) in [6.45, 7) is 1.12. The van der Waals surface area contributed by atoms with Crippen LogP contribution in [0.15, 0.2) is 21.9 Å². The lowest BCUT2D eigenvalue weighted by atomic mass is 10.0. The molecule has 1 atom stereocenters. The van der Waals surface area contributed by atoms with E-state index in [0.717, 1.165) is 6.92 Å². The molecule has 0 spiro atoms. The minimum Gasteiger partial charge on any atom is -0.505 e. The fourth-order valence-electron chi connectivity index (χ4n) is 1.39. The Morgan fingerprint density at radius 2 is 1.40 bits per heavy atom. The summed E-state index contributed by atoms with van der Waals surface area (Å²) in [7, 11) is -10.0. The summed E-state index contributed by atoms with van der Waals surface area (Å²) in [6, 6.07) is 1.22. The highest BCUT2D eigenvalue weighted by molar-refractivity contribution is 7.86. The Labute approximate surface area is 114 Å². The third-order valence-electron chi connectivity index (χ3n) is 2.49. The number of benzene rings is 1. The Morgan fingerprint density at radius 1 is 1.05 bits per heavy atom. The molecule has 0 bridgehead atoms. The fourth-order valence-corrected chi connectivity index (χ4v) is 2.73. The van der Waals surface area contributed by atoms with E-state index in [1.54, 1.807) is 0 Å². The summed E-state index contributed by atoms with van der Waals surface area (Å²) in [4.78, 5) is 8.40. The lowest BCUT2D eigenvalue weighted by molar-refractivity contribution is -0.138. The zero-order chi connectivity index (χ0) is 15.9. The van der Waals surface area contributed by atoms with E-state index in [2.05, 4.69) is 0 Å². The quantitative estimate of drug-likeness (QED) is 0.560. The zero-order valence-electron chi connectivity index (χ0n) is 9.88. The minimum absolute atomic E-state index is 0.337. The van der Waals surface area contributed by atoms with Gasteiger partial charge in [-0.05, 0) is 24.6 Å². The highest BCUT2D eigenvalue weighted by atomic mass is 32.2. The largest absolute Gasteiger partial charge is 0.505 e. The van der Waals surface area contributed by atoms with E-state index in [4.69, 9.17) is 14.2 Å². The fraction of sp³-hybridized carbons (Fsp3) is 0.222. The molecule has 20 heavy (non-hydrogen) atoms. The molecule has 1 aromatic rings. The maximum Gasteiger partial charge on any atom is 0.310 e. The lowest BCUT2D eigenvalue weighted by Gasteiger charge is -2.12. The van der Waals surface area contributed by atoms with Gasteiger partial charge < -0.3 is 10.2 Å². The number of aliphatic carboxylic acids is 1. The summed E-state index contributed by atoms with van der Waals surface area (Å²) >= 11 is 0. The van der Waals surface area contributed by atoms with E-state index in [0.29, 0.717) is 12.1 Å². The van der Waals surface area contributed by atoms with Crippen molar-refractivity contribution in [3.8, 4) is 5.75 Å². The van der Waals surface area contributed by atoms with E-state index in [-0.39, 0.29) is 5.56 Å². The third kappa shape index (κ3) is 3.25.